The van der Waals surface area contributed by atoms with Gasteiger partial charge in [-0.15, -0.1) is 11.6 Å². The Morgan fingerprint density at radius 2 is 1.56 bits per heavy atom. The summed E-state index contributed by atoms with van der Waals surface area (Å²) >= 11 is 6.72. The monoisotopic (exact) mass is 354 g/mol. The van der Waals surface area contributed by atoms with Gasteiger partial charge in [0.25, 0.3) is 0 Å². The van der Waals surface area contributed by atoms with E-state index in [1.165, 1.54) is 44.5 Å². The predicted molar refractivity (Wildman–Crippen MR) is 109 cm³/mol. The van der Waals surface area contributed by atoms with Crippen molar-refractivity contribution in [3.8, 4) is 16.9 Å². The molecule has 0 aliphatic heterocycles. The highest BCUT2D eigenvalue weighted by molar-refractivity contribution is 6.24. The van der Waals surface area contributed by atoms with Crippen LogP contribution in [0.4, 0.5) is 0 Å². The number of hydrogen-bond acceptors (Lipinski definition) is 1. The first-order valence-electron chi connectivity index (χ1n) is 8.79. The molecule has 25 heavy (non-hydrogen) atoms. The summed E-state index contributed by atoms with van der Waals surface area (Å²) < 4.78 is 5.96. The Balaban J connectivity index is 2.43. The van der Waals surface area contributed by atoms with Crippen molar-refractivity contribution < 1.29 is 4.74 Å². The van der Waals surface area contributed by atoms with E-state index in [0.717, 1.165) is 5.75 Å². The van der Waals surface area contributed by atoms with Gasteiger partial charge in [-0.25, -0.2) is 0 Å². The third-order valence-corrected chi connectivity index (χ3v) is 5.50. The zero-order chi connectivity index (χ0) is 18.5. The van der Waals surface area contributed by atoms with Gasteiger partial charge in [0.2, 0.25) is 0 Å². The quantitative estimate of drug-likeness (QED) is 0.529. The van der Waals surface area contributed by atoms with Gasteiger partial charge in [-0.2, -0.15) is 0 Å². The number of rotatable bonds is 2. The molecule has 0 bridgehead atoms. The summed E-state index contributed by atoms with van der Waals surface area (Å²) in [6.07, 6.45) is 2.22. The van der Waals surface area contributed by atoms with Gasteiger partial charge in [-0.05, 0) is 48.9 Å². The first-order chi connectivity index (χ1) is 11.6. The van der Waals surface area contributed by atoms with Crippen LogP contribution >= 0.6 is 11.6 Å². The number of hydrogen-bond donors (Lipinski definition) is 0. The van der Waals surface area contributed by atoms with Crippen LogP contribution in [0, 0.1) is 13.8 Å². The summed E-state index contributed by atoms with van der Waals surface area (Å²) in [5.74, 6) is 0.964. The van der Waals surface area contributed by atoms with E-state index in [1.807, 2.05) is 0 Å². The van der Waals surface area contributed by atoms with Crippen molar-refractivity contribution in [1.29, 1.82) is 0 Å². The molecule has 1 atom stereocenters. The summed E-state index contributed by atoms with van der Waals surface area (Å²) in [6.45, 7) is 13.1. The van der Waals surface area contributed by atoms with E-state index in [9.17, 15) is 0 Å². The fourth-order valence-electron chi connectivity index (χ4n) is 3.79. The maximum atomic E-state index is 6.72. The van der Waals surface area contributed by atoms with E-state index in [-0.39, 0.29) is 10.8 Å². The fourth-order valence-corrected chi connectivity index (χ4v) is 4.03. The first-order valence-corrected chi connectivity index (χ1v) is 9.23. The van der Waals surface area contributed by atoms with Crippen molar-refractivity contribution in [2.75, 3.05) is 7.11 Å². The van der Waals surface area contributed by atoms with Crippen LogP contribution in [0.1, 0.15) is 60.9 Å². The van der Waals surface area contributed by atoms with Crippen LogP contribution < -0.4 is 4.74 Å². The standard InChI is InChI=1S/C23H27ClO/c1-13-8-14(2)10-16(9-13)20-17-11-15(3)21(24)18(17)12-19(22(20)25-7)23(4,5)6/h8-12,21H,1-7H3. The number of ether oxygens (including phenoxy) is 1. The summed E-state index contributed by atoms with van der Waals surface area (Å²) in [5, 5.41) is -0.0633. The highest BCUT2D eigenvalue weighted by Crippen LogP contribution is 2.50. The molecule has 1 unspecified atom stereocenters. The second kappa shape index (κ2) is 6.21. The number of methoxy groups -OCH3 is 1. The van der Waals surface area contributed by atoms with Crippen molar-refractivity contribution in [3.05, 3.63) is 57.7 Å². The largest absolute Gasteiger partial charge is 0.496 e. The van der Waals surface area contributed by atoms with Gasteiger partial charge in [-0.1, -0.05) is 61.7 Å². The lowest BCUT2D eigenvalue weighted by Crippen LogP contribution is -2.15. The van der Waals surface area contributed by atoms with Gasteiger partial charge < -0.3 is 4.74 Å². The number of halogens is 1. The van der Waals surface area contributed by atoms with E-state index in [1.54, 1.807) is 7.11 Å². The van der Waals surface area contributed by atoms with Gasteiger partial charge in [0, 0.05) is 11.1 Å². The van der Waals surface area contributed by atoms with E-state index < -0.39 is 0 Å². The lowest BCUT2D eigenvalue weighted by Gasteiger charge is -2.27. The highest BCUT2D eigenvalue weighted by Gasteiger charge is 2.31. The van der Waals surface area contributed by atoms with Crippen LogP contribution in [-0.2, 0) is 5.41 Å². The third kappa shape index (κ3) is 3.11. The number of fused-ring (bicyclic) bond motifs is 1. The van der Waals surface area contributed by atoms with Crippen molar-refractivity contribution >= 4 is 17.7 Å². The average Bonchev–Trinajstić information content (AvgIpc) is 2.78. The minimum Gasteiger partial charge on any atom is -0.496 e. The molecular weight excluding hydrogens is 328 g/mol. The molecule has 0 N–H and O–H groups in total. The summed E-state index contributed by atoms with van der Waals surface area (Å²) in [5.41, 5.74) is 9.64. The highest BCUT2D eigenvalue weighted by atomic mass is 35.5. The van der Waals surface area contributed by atoms with E-state index in [0.29, 0.717) is 0 Å². The molecule has 3 rings (SSSR count). The predicted octanol–water partition coefficient (Wildman–Crippen LogP) is 6.97. The topological polar surface area (TPSA) is 9.23 Å². The van der Waals surface area contributed by atoms with Gasteiger partial charge in [0.15, 0.2) is 0 Å². The van der Waals surface area contributed by atoms with Crippen molar-refractivity contribution in [2.24, 2.45) is 0 Å². The molecule has 0 radical (unpaired) electrons. The molecule has 0 heterocycles. The van der Waals surface area contributed by atoms with E-state index >= 15 is 0 Å². The SMILES string of the molecule is COc1c(C(C)(C)C)cc2c(c1-c1cc(C)cc(C)c1)C=C(C)C2Cl. The number of benzene rings is 2. The molecule has 132 valence electrons. The molecule has 0 aromatic heterocycles. The average molecular weight is 355 g/mol. The Labute approximate surface area is 156 Å². The number of allylic oxidation sites excluding steroid dienone is 1. The molecular formula is C23H27ClO. The summed E-state index contributed by atoms with van der Waals surface area (Å²) in [6, 6.07) is 8.92. The van der Waals surface area contributed by atoms with Crippen molar-refractivity contribution in [1.82, 2.24) is 0 Å². The Hall–Kier alpha value is -1.73. The van der Waals surface area contributed by atoms with E-state index in [4.69, 9.17) is 16.3 Å². The zero-order valence-electron chi connectivity index (χ0n) is 16.3. The van der Waals surface area contributed by atoms with Gasteiger partial charge in [0.05, 0.1) is 12.5 Å². The molecule has 0 amide bonds. The molecule has 0 saturated heterocycles. The Bertz CT molecular complexity index is 848. The summed E-state index contributed by atoms with van der Waals surface area (Å²) in [7, 11) is 1.77. The number of aryl methyl sites for hydroxylation is 2. The Kier molecular flexibility index (Phi) is 4.49. The molecule has 0 spiro atoms. The molecule has 2 heteroatoms. The van der Waals surface area contributed by atoms with E-state index in [2.05, 4.69) is 71.9 Å². The van der Waals surface area contributed by atoms with Gasteiger partial charge >= 0.3 is 0 Å². The molecule has 2 aromatic carbocycles. The molecule has 1 aliphatic carbocycles. The molecule has 0 saturated carbocycles. The van der Waals surface area contributed by atoms with Crippen LogP contribution in [0.25, 0.3) is 17.2 Å². The minimum absolute atomic E-state index is 0.0267. The van der Waals surface area contributed by atoms with Crippen LogP contribution in [0.15, 0.2) is 29.8 Å². The third-order valence-electron chi connectivity index (χ3n) is 4.92. The number of alkyl halides is 1. The van der Waals surface area contributed by atoms with Crippen LogP contribution in [0.3, 0.4) is 0 Å². The Morgan fingerprint density at radius 3 is 2.08 bits per heavy atom. The van der Waals surface area contributed by atoms with Crippen molar-refractivity contribution in [3.63, 3.8) is 0 Å². The normalized spacial score (nSPS) is 16.6. The molecule has 0 fully saturated rings. The smallest absolute Gasteiger partial charge is 0.131 e. The lowest BCUT2D eigenvalue weighted by molar-refractivity contribution is 0.399. The first kappa shape index (κ1) is 18.1. The van der Waals surface area contributed by atoms with Gasteiger partial charge in [-0.3, -0.25) is 0 Å². The zero-order valence-corrected chi connectivity index (χ0v) is 17.0. The van der Waals surface area contributed by atoms with Crippen LogP contribution in [0.2, 0.25) is 0 Å². The second-order valence-electron chi connectivity index (χ2n) is 8.21. The minimum atomic E-state index is -0.0633. The van der Waals surface area contributed by atoms with Crippen LogP contribution in [-0.4, -0.2) is 7.11 Å². The molecule has 2 aromatic rings. The van der Waals surface area contributed by atoms with Gasteiger partial charge in [0.1, 0.15) is 5.75 Å². The van der Waals surface area contributed by atoms with Crippen molar-refractivity contribution in [2.45, 2.75) is 52.3 Å². The fraction of sp³-hybridized carbons (Fsp3) is 0.391. The maximum Gasteiger partial charge on any atom is 0.131 e. The van der Waals surface area contributed by atoms with Crippen LogP contribution in [0.5, 0.6) is 5.75 Å². The molecule has 1 aliphatic rings. The lowest BCUT2D eigenvalue weighted by atomic mass is 9.81. The molecule has 1 nitrogen and oxygen atoms in total. The summed E-state index contributed by atoms with van der Waals surface area (Å²) in [4.78, 5) is 0. The Morgan fingerprint density at radius 1 is 0.960 bits per heavy atom. The maximum absolute atomic E-state index is 6.72. The second-order valence-corrected chi connectivity index (χ2v) is 8.65.